The summed E-state index contributed by atoms with van der Waals surface area (Å²) in [6.07, 6.45) is 5.90. The van der Waals surface area contributed by atoms with Crippen LogP contribution in [0.3, 0.4) is 0 Å². The van der Waals surface area contributed by atoms with Crippen LogP contribution in [0.4, 0.5) is 5.69 Å². The molecule has 0 saturated heterocycles. The molecule has 0 radical (unpaired) electrons. The van der Waals surface area contributed by atoms with E-state index in [1.807, 2.05) is 18.2 Å². The van der Waals surface area contributed by atoms with E-state index < -0.39 is 0 Å². The molecule has 1 aromatic rings. The summed E-state index contributed by atoms with van der Waals surface area (Å²) in [4.78, 5) is 10.1. The van der Waals surface area contributed by atoms with Crippen LogP contribution in [0.15, 0.2) is 24.3 Å². The van der Waals surface area contributed by atoms with Gasteiger partial charge in [0.1, 0.15) is 0 Å². The van der Waals surface area contributed by atoms with Gasteiger partial charge in [0, 0.05) is 5.69 Å². The Hall–Kier alpha value is -1.57. The lowest BCUT2D eigenvalue weighted by Gasteiger charge is -2.01. The fraction of sp³-hybridized carbons (Fsp3) is 0.100. The number of carbonyl (C=O) groups is 1. The SMILES string of the molecule is O=CNc1ccc2c(c1)C=CC2. The molecular formula is C10H9NO. The van der Waals surface area contributed by atoms with E-state index in [1.165, 1.54) is 11.1 Å². The number of anilines is 1. The summed E-state index contributed by atoms with van der Waals surface area (Å²) in [6, 6.07) is 5.94. The van der Waals surface area contributed by atoms with Crippen molar-refractivity contribution in [1.29, 1.82) is 0 Å². The Morgan fingerprint density at radius 2 is 2.33 bits per heavy atom. The largest absolute Gasteiger partial charge is 0.329 e. The van der Waals surface area contributed by atoms with Crippen molar-refractivity contribution in [3.8, 4) is 0 Å². The first-order chi connectivity index (χ1) is 5.90. The van der Waals surface area contributed by atoms with Crippen LogP contribution >= 0.6 is 0 Å². The Morgan fingerprint density at radius 3 is 3.17 bits per heavy atom. The fourth-order valence-corrected chi connectivity index (χ4v) is 1.41. The second-order valence-corrected chi connectivity index (χ2v) is 2.78. The molecule has 0 bridgehead atoms. The van der Waals surface area contributed by atoms with Gasteiger partial charge in [-0.25, -0.2) is 0 Å². The van der Waals surface area contributed by atoms with Gasteiger partial charge in [0.2, 0.25) is 6.41 Å². The van der Waals surface area contributed by atoms with Crippen molar-refractivity contribution in [2.75, 3.05) is 5.32 Å². The smallest absolute Gasteiger partial charge is 0.211 e. The van der Waals surface area contributed by atoms with Crippen molar-refractivity contribution in [3.05, 3.63) is 35.4 Å². The molecule has 0 unspecified atom stereocenters. The van der Waals surface area contributed by atoms with E-state index in [0.29, 0.717) is 6.41 Å². The number of benzene rings is 1. The molecule has 1 aromatic carbocycles. The zero-order valence-corrected chi connectivity index (χ0v) is 6.58. The zero-order valence-electron chi connectivity index (χ0n) is 6.58. The lowest BCUT2D eigenvalue weighted by Crippen LogP contribution is -1.94. The van der Waals surface area contributed by atoms with Gasteiger partial charge in [-0.1, -0.05) is 18.2 Å². The monoisotopic (exact) mass is 159 g/mol. The number of nitrogens with one attached hydrogen (secondary N) is 1. The Bertz CT molecular complexity index is 342. The van der Waals surface area contributed by atoms with E-state index in [1.54, 1.807) is 0 Å². The number of rotatable bonds is 2. The van der Waals surface area contributed by atoms with Crippen LogP contribution < -0.4 is 5.32 Å². The topological polar surface area (TPSA) is 29.1 Å². The maximum absolute atomic E-state index is 10.1. The van der Waals surface area contributed by atoms with Crippen LogP contribution in [-0.4, -0.2) is 6.41 Å². The number of fused-ring (bicyclic) bond motifs is 1. The van der Waals surface area contributed by atoms with Crippen LogP contribution in [0, 0.1) is 0 Å². The number of hydrogen-bond acceptors (Lipinski definition) is 1. The van der Waals surface area contributed by atoms with Crippen molar-refractivity contribution in [2.24, 2.45) is 0 Å². The van der Waals surface area contributed by atoms with Gasteiger partial charge in [0.25, 0.3) is 0 Å². The fourth-order valence-electron chi connectivity index (χ4n) is 1.41. The molecule has 1 amide bonds. The molecule has 1 aliphatic rings. The summed E-state index contributed by atoms with van der Waals surface area (Å²) in [7, 11) is 0. The number of hydrogen-bond donors (Lipinski definition) is 1. The van der Waals surface area contributed by atoms with E-state index in [-0.39, 0.29) is 0 Å². The molecule has 0 aliphatic heterocycles. The molecule has 2 nitrogen and oxygen atoms in total. The molecule has 0 fully saturated rings. The molecule has 12 heavy (non-hydrogen) atoms. The van der Waals surface area contributed by atoms with Crippen LogP contribution in [-0.2, 0) is 11.2 Å². The van der Waals surface area contributed by atoms with Crippen molar-refractivity contribution < 1.29 is 4.79 Å². The summed E-state index contributed by atoms with van der Waals surface area (Å²) in [6.45, 7) is 0. The second-order valence-electron chi connectivity index (χ2n) is 2.78. The van der Waals surface area contributed by atoms with E-state index in [9.17, 15) is 4.79 Å². The predicted octanol–water partition coefficient (Wildman–Crippen LogP) is 1.82. The van der Waals surface area contributed by atoms with Crippen molar-refractivity contribution in [2.45, 2.75) is 6.42 Å². The van der Waals surface area contributed by atoms with Gasteiger partial charge in [0.05, 0.1) is 0 Å². The maximum Gasteiger partial charge on any atom is 0.211 e. The van der Waals surface area contributed by atoms with Crippen LogP contribution in [0.1, 0.15) is 11.1 Å². The minimum atomic E-state index is 0.695. The highest BCUT2D eigenvalue weighted by Gasteiger charge is 2.04. The molecule has 0 spiro atoms. The van der Waals surface area contributed by atoms with Gasteiger partial charge in [-0.05, 0) is 29.7 Å². The normalized spacial score (nSPS) is 12.7. The van der Waals surface area contributed by atoms with Crippen LogP contribution in [0.25, 0.3) is 6.08 Å². The molecule has 0 saturated carbocycles. The zero-order chi connectivity index (χ0) is 8.39. The van der Waals surface area contributed by atoms with Gasteiger partial charge < -0.3 is 5.32 Å². The van der Waals surface area contributed by atoms with E-state index in [4.69, 9.17) is 0 Å². The molecule has 2 rings (SSSR count). The summed E-state index contributed by atoms with van der Waals surface area (Å²) < 4.78 is 0. The first-order valence-electron chi connectivity index (χ1n) is 3.90. The molecule has 1 aliphatic carbocycles. The Balaban J connectivity index is 2.37. The highest BCUT2D eigenvalue weighted by molar-refractivity contribution is 5.74. The second kappa shape index (κ2) is 2.81. The van der Waals surface area contributed by atoms with Gasteiger partial charge in [0.15, 0.2) is 0 Å². The van der Waals surface area contributed by atoms with Gasteiger partial charge in [-0.15, -0.1) is 0 Å². The Morgan fingerprint density at radius 1 is 1.42 bits per heavy atom. The molecule has 2 heteroatoms. The average molecular weight is 159 g/mol. The summed E-state index contributed by atoms with van der Waals surface area (Å²) >= 11 is 0. The minimum absolute atomic E-state index is 0.695. The first kappa shape index (κ1) is 7.10. The molecule has 1 N–H and O–H groups in total. The van der Waals surface area contributed by atoms with E-state index >= 15 is 0 Å². The summed E-state index contributed by atoms with van der Waals surface area (Å²) in [5.74, 6) is 0. The third-order valence-electron chi connectivity index (χ3n) is 2.01. The van der Waals surface area contributed by atoms with E-state index in [0.717, 1.165) is 12.1 Å². The third kappa shape index (κ3) is 1.11. The van der Waals surface area contributed by atoms with Crippen LogP contribution in [0.5, 0.6) is 0 Å². The van der Waals surface area contributed by atoms with Crippen LogP contribution in [0.2, 0.25) is 0 Å². The van der Waals surface area contributed by atoms with Gasteiger partial charge in [-0.3, -0.25) is 4.79 Å². The number of carbonyl (C=O) groups excluding carboxylic acids is 1. The standard InChI is InChI=1S/C10H9NO/c12-7-11-10-5-4-8-2-1-3-9(8)6-10/h1,3-7H,2H2,(H,11,12). The number of amides is 1. The predicted molar refractivity (Wildman–Crippen MR) is 48.9 cm³/mol. The number of allylic oxidation sites excluding steroid dienone is 1. The highest BCUT2D eigenvalue weighted by Crippen LogP contribution is 2.22. The molecule has 0 atom stereocenters. The van der Waals surface area contributed by atoms with E-state index in [2.05, 4.69) is 17.5 Å². The molecule has 60 valence electrons. The third-order valence-corrected chi connectivity index (χ3v) is 2.01. The minimum Gasteiger partial charge on any atom is -0.329 e. The Labute approximate surface area is 70.9 Å². The molecular weight excluding hydrogens is 150 g/mol. The van der Waals surface area contributed by atoms with Gasteiger partial charge in [-0.2, -0.15) is 0 Å². The molecule has 0 aromatic heterocycles. The quantitative estimate of drug-likeness (QED) is 0.655. The summed E-state index contributed by atoms with van der Waals surface area (Å²) in [5, 5.41) is 2.62. The molecule has 0 heterocycles. The lowest BCUT2D eigenvalue weighted by atomic mass is 10.1. The summed E-state index contributed by atoms with van der Waals surface area (Å²) in [5.41, 5.74) is 3.39. The van der Waals surface area contributed by atoms with Crippen molar-refractivity contribution in [3.63, 3.8) is 0 Å². The van der Waals surface area contributed by atoms with Crippen molar-refractivity contribution in [1.82, 2.24) is 0 Å². The Kier molecular flexibility index (Phi) is 1.67. The first-order valence-corrected chi connectivity index (χ1v) is 3.90. The van der Waals surface area contributed by atoms with Gasteiger partial charge >= 0.3 is 0 Å². The van der Waals surface area contributed by atoms with Crippen molar-refractivity contribution >= 4 is 18.2 Å². The lowest BCUT2D eigenvalue weighted by molar-refractivity contribution is -0.105. The maximum atomic E-state index is 10.1. The average Bonchev–Trinajstić information content (AvgIpc) is 2.51. The highest BCUT2D eigenvalue weighted by atomic mass is 16.1.